The summed E-state index contributed by atoms with van der Waals surface area (Å²) in [7, 11) is 4.31. The first-order valence-corrected chi connectivity index (χ1v) is 6.96. The summed E-state index contributed by atoms with van der Waals surface area (Å²) in [6.45, 7) is 3.66. The van der Waals surface area contributed by atoms with E-state index < -0.39 is 0 Å². The number of rotatable bonds is 3. The summed E-state index contributed by atoms with van der Waals surface area (Å²) in [5, 5.41) is 0. The number of hydrogen-bond acceptors (Lipinski definition) is 4. The van der Waals surface area contributed by atoms with E-state index in [0.717, 1.165) is 18.9 Å². The van der Waals surface area contributed by atoms with Crippen LogP contribution in [-0.4, -0.2) is 48.9 Å². The molecule has 0 spiro atoms. The van der Waals surface area contributed by atoms with Gasteiger partial charge in [-0.1, -0.05) is 0 Å². The number of aromatic nitrogens is 1. The van der Waals surface area contributed by atoms with Crippen molar-refractivity contribution in [2.45, 2.75) is 32.2 Å². The monoisotopic (exact) mass is 261 g/mol. The Bertz CT molecular complexity index is 428. The number of nitrogens with zero attached hydrogens (tertiary/aromatic N) is 3. The fourth-order valence-electron chi connectivity index (χ4n) is 2.61. The summed E-state index contributed by atoms with van der Waals surface area (Å²) in [5.41, 5.74) is 0.685. The lowest BCUT2D eigenvalue weighted by atomic mass is 10.1. The molecule has 1 atom stereocenters. The minimum absolute atomic E-state index is 0.0718. The molecule has 1 fully saturated rings. The molecule has 1 aromatic rings. The van der Waals surface area contributed by atoms with Crippen molar-refractivity contribution in [3.05, 3.63) is 23.9 Å². The zero-order valence-corrected chi connectivity index (χ0v) is 12.1. The molecule has 0 unspecified atom stereocenters. The molecule has 1 aliphatic rings. The molecule has 4 nitrogen and oxygen atoms in total. The van der Waals surface area contributed by atoms with E-state index in [1.807, 2.05) is 12.1 Å². The summed E-state index contributed by atoms with van der Waals surface area (Å²) in [5.74, 6) is 1.06. The van der Waals surface area contributed by atoms with Gasteiger partial charge in [0.2, 0.25) is 0 Å². The van der Waals surface area contributed by atoms with Crippen LogP contribution >= 0.6 is 0 Å². The number of carbonyl (C=O) groups excluding carboxylic acids is 1. The quantitative estimate of drug-likeness (QED) is 0.782. The van der Waals surface area contributed by atoms with Gasteiger partial charge >= 0.3 is 0 Å². The second-order valence-corrected chi connectivity index (χ2v) is 5.50. The molecule has 19 heavy (non-hydrogen) atoms. The molecule has 0 aliphatic carbocycles. The molecular weight excluding hydrogens is 238 g/mol. The summed E-state index contributed by atoms with van der Waals surface area (Å²) in [6.07, 6.45) is 5.29. The van der Waals surface area contributed by atoms with Crippen LogP contribution in [0.4, 0.5) is 5.82 Å². The molecule has 1 saturated heterocycles. The van der Waals surface area contributed by atoms with E-state index in [9.17, 15) is 4.79 Å². The molecule has 2 rings (SSSR count). The number of carbonyl (C=O) groups is 1. The molecule has 4 heteroatoms. The fourth-order valence-corrected chi connectivity index (χ4v) is 2.61. The van der Waals surface area contributed by atoms with Crippen LogP contribution in [0, 0.1) is 0 Å². The molecule has 1 aliphatic heterocycles. The highest BCUT2D eigenvalue weighted by atomic mass is 16.1. The van der Waals surface area contributed by atoms with E-state index in [0.29, 0.717) is 11.6 Å². The maximum absolute atomic E-state index is 11.2. The maximum Gasteiger partial charge on any atom is 0.161 e. The molecule has 0 amide bonds. The summed E-state index contributed by atoms with van der Waals surface area (Å²) in [4.78, 5) is 20.3. The van der Waals surface area contributed by atoms with Crippen LogP contribution < -0.4 is 4.90 Å². The highest BCUT2D eigenvalue weighted by Crippen LogP contribution is 2.19. The topological polar surface area (TPSA) is 36.4 Å². The second kappa shape index (κ2) is 6.15. The van der Waals surface area contributed by atoms with Crippen molar-refractivity contribution in [1.82, 2.24) is 9.88 Å². The summed E-state index contributed by atoms with van der Waals surface area (Å²) in [6, 6.07) is 4.51. The molecule has 0 saturated carbocycles. The zero-order valence-electron chi connectivity index (χ0n) is 12.1. The number of anilines is 1. The zero-order chi connectivity index (χ0) is 13.8. The Balaban J connectivity index is 2.03. The smallest absolute Gasteiger partial charge is 0.161 e. The van der Waals surface area contributed by atoms with Crippen LogP contribution in [0.5, 0.6) is 0 Å². The number of hydrogen-bond donors (Lipinski definition) is 0. The van der Waals surface area contributed by atoms with Crippen molar-refractivity contribution in [2.75, 3.05) is 32.1 Å². The van der Waals surface area contributed by atoms with E-state index in [2.05, 4.69) is 28.9 Å². The van der Waals surface area contributed by atoms with E-state index in [1.165, 1.54) is 19.3 Å². The predicted octanol–water partition coefficient (Wildman–Crippen LogP) is 2.20. The van der Waals surface area contributed by atoms with Crippen molar-refractivity contribution in [3.8, 4) is 0 Å². The molecule has 0 aromatic carbocycles. The van der Waals surface area contributed by atoms with Crippen LogP contribution in [0.1, 0.15) is 36.5 Å². The number of Topliss-reactive ketones (excluding diaryl/α,β-unsaturated/α-hetero) is 1. The normalized spacial score (nSPS) is 20.4. The minimum atomic E-state index is 0.0718. The summed E-state index contributed by atoms with van der Waals surface area (Å²) < 4.78 is 0. The SMILES string of the molecule is CC(=O)c1ccc(N2CCC[C@@H](N(C)C)CC2)nc1. The first-order valence-electron chi connectivity index (χ1n) is 6.96. The molecule has 1 aromatic heterocycles. The Morgan fingerprint density at radius 1 is 1.32 bits per heavy atom. The van der Waals surface area contributed by atoms with Crippen molar-refractivity contribution in [2.24, 2.45) is 0 Å². The van der Waals surface area contributed by atoms with Crippen LogP contribution in [0.25, 0.3) is 0 Å². The Labute approximate surface area is 115 Å². The van der Waals surface area contributed by atoms with Crippen LogP contribution in [0.2, 0.25) is 0 Å². The Hall–Kier alpha value is -1.42. The molecular formula is C15H23N3O. The highest BCUT2D eigenvalue weighted by Gasteiger charge is 2.19. The Kier molecular flexibility index (Phi) is 4.53. The Morgan fingerprint density at radius 3 is 2.68 bits per heavy atom. The molecule has 0 N–H and O–H groups in total. The van der Waals surface area contributed by atoms with Gasteiger partial charge in [-0.05, 0) is 52.4 Å². The number of ketones is 1. The highest BCUT2D eigenvalue weighted by molar-refractivity contribution is 5.93. The third kappa shape index (κ3) is 3.53. The van der Waals surface area contributed by atoms with E-state index in [1.54, 1.807) is 13.1 Å². The lowest BCUT2D eigenvalue weighted by molar-refractivity contribution is 0.101. The fraction of sp³-hybridized carbons (Fsp3) is 0.600. The third-order valence-corrected chi connectivity index (χ3v) is 3.91. The largest absolute Gasteiger partial charge is 0.357 e. The van der Waals surface area contributed by atoms with Gasteiger partial charge in [-0.2, -0.15) is 0 Å². The average Bonchev–Trinajstić information content (AvgIpc) is 2.64. The van der Waals surface area contributed by atoms with Crippen molar-refractivity contribution < 1.29 is 4.79 Å². The van der Waals surface area contributed by atoms with Gasteiger partial charge in [0.05, 0.1) is 0 Å². The van der Waals surface area contributed by atoms with E-state index in [4.69, 9.17) is 0 Å². The van der Waals surface area contributed by atoms with Gasteiger partial charge < -0.3 is 9.80 Å². The first kappa shape index (κ1) is 14.0. The van der Waals surface area contributed by atoms with Gasteiger partial charge in [0, 0.05) is 30.9 Å². The lowest BCUT2D eigenvalue weighted by Gasteiger charge is -2.24. The van der Waals surface area contributed by atoms with Gasteiger partial charge in [-0.25, -0.2) is 4.98 Å². The lowest BCUT2D eigenvalue weighted by Crippen LogP contribution is -2.30. The number of pyridine rings is 1. The molecule has 0 bridgehead atoms. The molecule has 0 radical (unpaired) electrons. The molecule has 104 valence electrons. The Morgan fingerprint density at radius 2 is 2.11 bits per heavy atom. The van der Waals surface area contributed by atoms with Crippen molar-refractivity contribution in [1.29, 1.82) is 0 Å². The van der Waals surface area contributed by atoms with E-state index in [-0.39, 0.29) is 5.78 Å². The average molecular weight is 261 g/mol. The van der Waals surface area contributed by atoms with Crippen LogP contribution in [-0.2, 0) is 0 Å². The summed E-state index contributed by atoms with van der Waals surface area (Å²) >= 11 is 0. The third-order valence-electron chi connectivity index (χ3n) is 3.91. The van der Waals surface area contributed by atoms with Crippen molar-refractivity contribution >= 4 is 11.6 Å². The van der Waals surface area contributed by atoms with Gasteiger partial charge in [-0.15, -0.1) is 0 Å². The van der Waals surface area contributed by atoms with Gasteiger partial charge in [0.15, 0.2) is 5.78 Å². The standard InChI is InChI=1S/C15H23N3O/c1-12(19)13-6-7-15(16-11-13)18-9-4-5-14(8-10-18)17(2)3/h6-7,11,14H,4-5,8-10H2,1-3H3/t14-/m1/s1. The van der Waals surface area contributed by atoms with Gasteiger partial charge in [0.25, 0.3) is 0 Å². The van der Waals surface area contributed by atoms with Crippen molar-refractivity contribution in [3.63, 3.8) is 0 Å². The second-order valence-electron chi connectivity index (χ2n) is 5.50. The van der Waals surface area contributed by atoms with E-state index >= 15 is 0 Å². The predicted molar refractivity (Wildman–Crippen MR) is 77.8 cm³/mol. The molecule has 2 heterocycles. The van der Waals surface area contributed by atoms with Crippen LogP contribution in [0.3, 0.4) is 0 Å². The maximum atomic E-state index is 11.2. The van der Waals surface area contributed by atoms with Crippen LogP contribution in [0.15, 0.2) is 18.3 Å². The van der Waals surface area contributed by atoms with Gasteiger partial charge in [0.1, 0.15) is 5.82 Å². The minimum Gasteiger partial charge on any atom is -0.357 e. The van der Waals surface area contributed by atoms with Gasteiger partial charge in [-0.3, -0.25) is 4.79 Å². The first-order chi connectivity index (χ1) is 9.08.